The summed E-state index contributed by atoms with van der Waals surface area (Å²) in [6.45, 7) is 6.06. The Morgan fingerprint density at radius 1 is 1.56 bits per heavy atom. The number of nitrogens with one attached hydrogen (secondary N) is 1. The summed E-state index contributed by atoms with van der Waals surface area (Å²) in [7, 11) is 1.75. The third-order valence-electron chi connectivity index (χ3n) is 3.40. The molecule has 102 valence electrons. The number of methoxy groups -OCH3 is 1. The molecule has 1 aromatic rings. The van der Waals surface area contributed by atoms with Crippen molar-refractivity contribution in [2.45, 2.75) is 52.1 Å². The summed E-state index contributed by atoms with van der Waals surface area (Å²) in [5.41, 5.74) is 1.08. The summed E-state index contributed by atoms with van der Waals surface area (Å²) < 4.78 is 7.30. The number of aromatic nitrogens is 2. The van der Waals surface area contributed by atoms with E-state index in [9.17, 15) is 0 Å². The van der Waals surface area contributed by atoms with E-state index in [0.717, 1.165) is 37.1 Å². The molecule has 1 aliphatic carbocycles. The largest absolute Gasteiger partial charge is 0.385 e. The third-order valence-corrected chi connectivity index (χ3v) is 3.40. The van der Waals surface area contributed by atoms with Crippen molar-refractivity contribution in [3.8, 4) is 0 Å². The van der Waals surface area contributed by atoms with Crippen molar-refractivity contribution in [1.82, 2.24) is 9.55 Å². The molecule has 1 atom stereocenters. The quantitative estimate of drug-likeness (QED) is 0.722. The van der Waals surface area contributed by atoms with E-state index in [1.807, 2.05) is 6.92 Å². The minimum Gasteiger partial charge on any atom is -0.385 e. The third kappa shape index (κ3) is 4.02. The maximum atomic E-state index is 5.10. The monoisotopic (exact) mass is 251 g/mol. The van der Waals surface area contributed by atoms with Gasteiger partial charge in [-0.2, -0.15) is 0 Å². The number of ether oxygens (including phenoxy) is 1. The molecule has 0 aromatic carbocycles. The van der Waals surface area contributed by atoms with Crippen molar-refractivity contribution >= 4 is 5.95 Å². The first-order valence-corrected chi connectivity index (χ1v) is 6.98. The van der Waals surface area contributed by atoms with Crippen molar-refractivity contribution in [3.05, 3.63) is 11.9 Å². The molecule has 4 heteroatoms. The fourth-order valence-electron chi connectivity index (χ4n) is 2.34. The number of nitrogens with zero attached hydrogens (tertiary/aromatic N) is 2. The van der Waals surface area contributed by atoms with Gasteiger partial charge in [0.15, 0.2) is 0 Å². The van der Waals surface area contributed by atoms with Gasteiger partial charge in [0.2, 0.25) is 5.95 Å². The molecule has 0 spiro atoms. The number of aryl methyl sites for hydroxylation is 2. The fourth-order valence-corrected chi connectivity index (χ4v) is 2.34. The molecule has 1 heterocycles. The van der Waals surface area contributed by atoms with E-state index in [0.29, 0.717) is 6.04 Å². The van der Waals surface area contributed by atoms with Crippen LogP contribution in [0.15, 0.2) is 6.20 Å². The van der Waals surface area contributed by atoms with Gasteiger partial charge in [0.25, 0.3) is 0 Å². The van der Waals surface area contributed by atoms with Gasteiger partial charge in [-0.1, -0.05) is 12.8 Å². The number of hydrogen-bond donors (Lipinski definition) is 1. The fraction of sp³-hybridized carbons (Fsp3) is 0.786. The minimum atomic E-state index is 0.514. The Labute approximate surface area is 110 Å². The van der Waals surface area contributed by atoms with Gasteiger partial charge in [-0.3, -0.25) is 0 Å². The molecular weight excluding hydrogens is 226 g/mol. The molecule has 0 bridgehead atoms. The van der Waals surface area contributed by atoms with Gasteiger partial charge < -0.3 is 14.6 Å². The normalized spacial score (nSPS) is 16.8. The van der Waals surface area contributed by atoms with Gasteiger partial charge in [-0.15, -0.1) is 0 Å². The molecule has 1 saturated carbocycles. The molecule has 0 saturated heterocycles. The van der Waals surface area contributed by atoms with Gasteiger partial charge in [0.05, 0.1) is 5.69 Å². The van der Waals surface area contributed by atoms with Crippen LogP contribution in [-0.2, 0) is 11.3 Å². The Bertz CT molecular complexity index is 371. The molecule has 0 aliphatic heterocycles. The van der Waals surface area contributed by atoms with E-state index >= 15 is 0 Å². The zero-order valence-corrected chi connectivity index (χ0v) is 11.8. The second-order valence-corrected chi connectivity index (χ2v) is 5.47. The number of rotatable bonds is 8. The first-order valence-electron chi connectivity index (χ1n) is 6.98. The van der Waals surface area contributed by atoms with E-state index in [2.05, 4.69) is 28.0 Å². The van der Waals surface area contributed by atoms with Crippen molar-refractivity contribution < 1.29 is 4.74 Å². The molecule has 0 radical (unpaired) electrons. The van der Waals surface area contributed by atoms with Crippen LogP contribution in [0.5, 0.6) is 0 Å². The van der Waals surface area contributed by atoms with Crippen molar-refractivity contribution in [1.29, 1.82) is 0 Å². The van der Waals surface area contributed by atoms with E-state index in [1.165, 1.54) is 19.3 Å². The zero-order chi connectivity index (χ0) is 13.0. The average Bonchev–Trinajstić information content (AvgIpc) is 3.04. The van der Waals surface area contributed by atoms with Crippen LogP contribution in [-0.4, -0.2) is 29.3 Å². The summed E-state index contributed by atoms with van der Waals surface area (Å²) in [4.78, 5) is 4.57. The smallest absolute Gasteiger partial charge is 0.203 e. The van der Waals surface area contributed by atoms with Crippen LogP contribution in [0.3, 0.4) is 0 Å². The predicted octanol–water partition coefficient (Wildman–Crippen LogP) is 2.83. The summed E-state index contributed by atoms with van der Waals surface area (Å²) in [6, 6.07) is 0.514. The number of hydrogen-bond acceptors (Lipinski definition) is 3. The van der Waals surface area contributed by atoms with Crippen LogP contribution in [0.1, 0.15) is 38.3 Å². The molecular formula is C14H25N3O. The van der Waals surface area contributed by atoms with Crippen LogP contribution in [0, 0.1) is 12.8 Å². The molecule has 18 heavy (non-hydrogen) atoms. The highest BCUT2D eigenvalue weighted by Gasteiger charge is 2.24. The van der Waals surface area contributed by atoms with E-state index in [-0.39, 0.29) is 0 Å². The van der Waals surface area contributed by atoms with E-state index < -0.39 is 0 Å². The summed E-state index contributed by atoms with van der Waals surface area (Å²) in [5.74, 6) is 1.96. The lowest BCUT2D eigenvalue weighted by Gasteiger charge is -2.15. The van der Waals surface area contributed by atoms with E-state index in [4.69, 9.17) is 4.74 Å². The molecule has 1 N–H and O–H groups in total. The minimum absolute atomic E-state index is 0.514. The van der Waals surface area contributed by atoms with Crippen LogP contribution in [0.25, 0.3) is 0 Å². The van der Waals surface area contributed by atoms with Gasteiger partial charge in [0, 0.05) is 32.5 Å². The first kappa shape index (κ1) is 13.4. The molecule has 0 amide bonds. The Hall–Kier alpha value is -1.03. The Balaban J connectivity index is 1.88. The van der Waals surface area contributed by atoms with Crippen molar-refractivity contribution in [3.63, 3.8) is 0 Å². The second kappa shape index (κ2) is 6.23. The Kier molecular flexibility index (Phi) is 4.64. The number of anilines is 1. The zero-order valence-electron chi connectivity index (χ0n) is 11.8. The molecule has 1 fully saturated rings. The van der Waals surface area contributed by atoms with Gasteiger partial charge >= 0.3 is 0 Å². The Morgan fingerprint density at radius 3 is 3.00 bits per heavy atom. The van der Waals surface area contributed by atoms with Gasteiger partial charge in [-0.05, 0) is 32.6 Å². The molecule has 2 rings (SSSR count). The standard InChI is InChI=1S/C14H25N3O/c1-11(9-13-5-6-13)15-14-16-12(2)10-17(14)7-4-8-18-3/h10-11,13H,4-9H2,1-3H3,(H,15,16). The number of imidazole rings is 1. The molecule has 4 nitrogen and oxygen atoms in total. The average molecular weight is 251 g/mol. The highest BCUT2D eigenvalue weighted by molar-refractivity contribution is 5.30. The van der Waals surface area contributed by atoms with Crippen molar-refractivity contribution in [2.24, 2.45) is 5.92 Å². The lowest BCUT2D eigenvalue weighted by Crippen LogP contribution is -2.19. The topological polar surface area (TPSA) is 39.1 Å². The summed E-state index contributed by atoms with van der Waals surface area (Å²) in [6.07, 6.45) is 7.23. The molecule has 1 aliphatic rings. The molecule has 1 unspecified atom stereocenters. The van der Waals surface area contributed by atoms with Crippen LogP contribution < -0.4 is 5.32 Å². The maximum absolute atomic E-state index is 5.10. The van der Waals surface area contributed by atoms with Crippen LogP contribution in [0.2, 0.25) is 0 Å². The first-order chi connectivity index (χ1) is 8.69. The SMILES string of the molecule is COCCCn1cc(C)nc1NC(C)CC1CC1. The highest BCUT2D eigenvalue weighted by Crippen LogP contribution is 2.34. The Morgan fingerprint density at radius 2 is 2.33 bits per heavy atom. The lowest BCUT2D eigenvalue weighted by atomic mass is 10.2. The second-order valence-electron chi connectivity index (χ2n) is 5.47. The maximum Gasteiger partial charge on any atom is 0.203 e. The summed E-state index contributed by atoms with van der Waals surface area (Å²) in [5, 5.41) is 3.54. The predicted molar refractivity (Wildman–Crippen MR) is 73.9 cm³/mol. The van der Waals surface area contributed by atoms with Crippen LogP contribution >= 0.6 is 0 Å². The van der Waals surface area contributed by atoms with Crippen LogP contribution in [0.4, 0.5) is 5.95 Å². The van der Waals surface area contributed by atoms with Gasteiger partial charge in [-0.25, -0.2) is 4.98 Å². The molecule has 1 aromatic heterocycles. The van der Waals surface area contributed by atoms with E-state index in [1.54, 1.807) is 7.11 Å². The van der Waals surface area contributed by atoms with Crippen molar-refractivity contribution in [2.75, 3.05) is 19.0 Å². The highest BCUT2D eigenvalue weighted by atomic mass is 16.5. The van der Waals surface area contributed by atoms with Gasteiger partial charge in [0.1, 0.15) is 0 Å². The summed E-state index contributed by atoms with van der Waals surface area (Å²) >= 11 is 0. The lowest BCUT2D eigenvalue weighted by molar-refractivity contribution is 0.190.